The van der Waals surface area contributed by atoms with E-state index < -0.39 is 6.10 Å². The Balaban J connectivity index is 1.56. The third-order valence-corrected chi connectivity index (χ3v) is 3.71. The van der Waals surface area contributed by atoms with Gasteiger partial charge in [0.1, 0.15) is 12.4 Å². The highest BCUT2D eigenvalue weighted by molar-refractivity contribution is 5.29. The fourth-order valence-electron chi connectivity index (χ4n) is 2.72. The molecule has 2 aromatic rings. The van der Waals surface area contributed by atoms with Gasteiger partial charge < -0.3 is 5.11 Å². The highest BCUT2D eigenvalue weighted by Crippen LogP contribution is 2.18. The lowest BCUT2D eigenvalue weighted by Gasteiger charge is -2.30. The van der Waals surface area contributed by atoms with Crippen molar-refractivity contribution in [1.29, 1.82) is 5.26 Å². The fourth-order valence-corrected chi connectivity index (χ4v) is 2.72. The van der Waals surface area contributed by atoms with E-state index in [9.17, 15) is 5.11 Å². The molecule has 1 atom stereocenters. The molecule has 2 heterocycles. The summed E-state index contributed by atoms with van der Waals surface area (Å²) >= 11 is 0. The van der Waals surface area contributed by atoms with E-state index in [-0.39, 0.29) is 5.82 Å². The summed E-state index contributed by atoms with van der Waals surface area (Å²) < 4.78 is 1.51. The molecule has 0 saturated carbocycles. The molecule has 0 bridgehead atoms. The monoisotopic (exact) mass is 283 g/mol. The number of aromatic nitrogens is 3. The first kappa shape index (κ1) is 13.7. The molecule has 108 valence electrons. The van der Waals surface area contributed by atoms with Gasteiger partial charge in [-0.15, -0.1) is 5.10 Å². The second-order valence-electron chi connectivity index (χ2n) is 5.31. The minimum Gasteiger partial charge on any atom is -0.390 e. The smallest absolute Gasteiger partial charge is 0.252 e. The van der Waals surface area contributed by atoms with Crippen molar-refractivity contribution >= 4 is 0 Å². The van der Waals surface area contributed by atoms with Gasteiger partial charge in [-0.1, -0.05) is 24.3 Å². The summed E-state index contributed by atoms with van der Waals surface area (Å²) in [6.07, 6.45) is 1.97. The van der Waals surface area contributed by atoms with Crippen LogP contribution in [0.1, 0.15) is 17.0 Å². The Morgan fingerprint density at radius 2 is 2.10 bits per heavy atom. The summed E-state index contributed by atoms with van der Waals surface area (Å²) in [5.74, 6) is 0.133. The molecular weight excluding hydrogens is 266 g/mol. The average molecular weight is 283 g/mol. The molecular formula is C15H17N5O. The minimum absolute atomic E-state index is 0.133. The molecule has 1 aromatic carbocycles. The Labute approximate surface area is 123 Å². The number of nitrogens with zero attached hydrogens (tertiary/aromatic N) is 5. The summed E-state index contributed by atoms with van der Waals surface area (Å²) in [6, 6.07) is 10.3. The van der Waals surface area contributed by atoms with Gasteiger partial charge in [-0.25, -0.2) is 9.67 Å². The highest BCUT2D eigenvalue weighted by atomic mass is 16.3. The van der Waals surface area contributed by atoms with Gasteiger partial charge in [-0.3, -0.25) is 4.90 Å². The van der Waals surface area contributed by atoms with Gasteiger partial charge in [0, 0.05) is 19.6 Å². The van der Waals surface area contributed by atoms with Gasteiger partial charge >= 0.3 is 0 Å². The van der Waals surface area contributed by atoms with E-state index in [1.165, 1.54) is 22.1 Å². The summed E-state index contributed by atoms with van der Waals surface area (Å²) in [4.78, 5) is 6.08. The van der Waals surface area contributed by atoms with E-state index >= 15 is 0 Å². The summed E-state index contributed by atoms with van der Waals surface area (Å²) in [6.45, 7) is 2.77. The fraction of sp³-hybridized carbons (Fsp3) is 0.400. The lowest BCUT2D eigenvalue weighted by atomic mass is 10.00. The normalized spacial score (nSPS) is 16.2. The molecule has 3 rings (SSSR count). The van der Waals surface area contributed by atoms with Gasteiger partial charge in [0.25, 0.3) is 5.82 Å². The Kier molecular flexibility index (Phi) is 3.95. The molecule has 6 heteroatoms. The number of benzene rings is 1. The molecule has 1 aliphatic heterocycles. The Morgan fingerprint density at radius 3 is 2.86 bits per heavy atom. The highest BCUT2D eigenvalue weighted by Gasteiger charge is 2.18. The van der Waals surface area contributed by atoms with Gasteiger partial charge in [-0.05, 0) is 17.5 Å². The van der Waals surface area contributed by atoms with Crippen molar-refractivity contribution in [3.63, 3.8) is 0 Å². The van der Waals surface area contributed by atoms with E-state index in [2.05, 4.69) is 39.2 Å². The first-order valence-corrected chi connectivity index (χ1v) is 7.01. The van der Waals surface area contributed by atoms with Crippen LogP contribution in [-0.2, 0) is 19.5 Å². The summed E-state index contributed by atoms with van der Waals surface area (Å²) in [7, 11) is 0. The number of rotatable bonds is 4. The molecule has 21 heavy (non-hydrogen) atoms. The van der Waals surface area contributed by atoms with Crippen LogP contribution in [0.5, 0.6) is 0 Å². The van der Waals surface area contributed by atoms with Crippen LogP contribution >= 0.6 is 0 Å². The van der Waals surface area contributed by atoms with Crippen LogP contribution in [0.2, 0.25) is 0 Å². The minimum atomic E-state index is -0.525. The summed E-state index contributed by atoms with van der Waals surface area (Å²) in [5.41, 5.74) is 2.74. The topological polar surface area (TPSA) is 78.0 Å². The molecule has 6 nitrogen and oxygen atoms in total. The second-order valence-corrected chi connectivity index (χ2v) is 5.31. The lowest BCUT2D eigenvalue weighted by molar-refractivity contribution is 0.0888. The quantitative estimate of drug-likeness (QED) is 0.887. The molecule has 0 amide bonds. The molecule has 0 unspecified atom stereocenters. The van der Waals surface area contributed by atoms with Gasteiger partial charge in [0.05, 0.1) is 12.6 Å². The van der Waals surface area contributed by atoms with Crippen molar-refractivity contribution < 1.29 is 5.11 Å². The lowest BCUT2D eigenvalue weighted by Crippen LogP contribution is -2.38. The second kappa shape index (κ2) is 6.04. The predicted octanol–water partition coefficient (Wildman–Crippen LogP) is 0.569. The standard InChI is InChI=1S/C15H17N5O/c16-7-15-17-11-20(18-15)10-14(21)9-19-6-5-12-3-1-2-4-13(12)8-19/h1-4,11,14,21H,5-6,8-10H2/t14-/m1/s1. The number of hydrogen-bond acceptors (Lipinski definition) is 5. The van der Waals surface area contributed by atoms with Crippen LogP contribution in [0.25, 0.3) is 0 Å². The molecule has 1 N–H and O–H groups in total. The average Bonchev–Trinajstić information content (AvgIpc) is 2.94. The van der Waals surface area contributed by atoms with Crippen molar-refractivity contribution in [2.75, 3.05) is 13.1 Å². The van der Waals surface area contributed by atoms with E-state index in [1.54, 1.807) is 0 Å². The maximum atomic E-state index is 10.2. The third-order valence-electron chi connectivity index (χ3n) is 3.71. The van der Waals surface area contributed by atoms with E-state index in [0.29, 0.717) is 13.1 Å². The van der Waals surface area contributed by atoms with Gasteiger partial charge in [-0.2, -0.15) is 5.26 Å². The first-order chi connectivity index (χ1) is 10.2. The number of nitriles is 1. The van der Waals surface area contributed by atoms with Crippen molar-refractivity contribution in [3.05, 3.63) is 47.5 Å². The Hall–Kier alpha value is -2.23. The van der Waals surface area contributed by atoms with Crippen LogP contribution in [0.3, 0.4) is 0 Å². The molecule has 0 spiro atoms. The van der Waals surface area contributed by atoms with Crippen LogP contribution in [0.15, 0.2) is 30.6 Å². The molecule has 1 aromatic heterocycles. The van der Waals surface area contributed by atoms with E-state index in [0.717, 1.165) is 19.5 Å². The third kappa shape index (κ3) is 3.27. The molecule has 0 aliphatic carbocycles. The number of aliphatic hydroxyl groups is 1. The van der Waals surface area contributed by atoms with Gasteiger partial charge in [0.2, 0.25) is 0 Å². The zero-order valence-corrected chi connectivity index (χ0v) is 11.7. The number of β-amino-alcohol motifs (C(OH)–C–C–N with tert-alkyl or cyclic N) is 1. The van der Waals surface area contributed by atoms with Gasteiger partial charge in [0.15, 0.2) is 0 Å². The van der Waals surface area contributed by atoms with E-state index in [4.69, 9.17) is 5.26 Å². The molecule has 0 saturated heterocycles. The van der Waals surface area contributed by atoms with Crippen molar-refractivity contribution in [2.24, 2.45) is 0 Å². The zero-order chi connectivity index (χ0) is 14.7. The van der Waals surface area contributed by atoms with Crippen molar-refractivity contribution in [3.8, 4) is 6.07 Å². The molecule has 0 radical (unpaired) electrons. The Bertz CT molecular complexity index is 660. The van der Waals surface area contributed by atoms with Crippen molar-refractivity contribution in [2.45, 2.75) is 25.6 Å². The zero-order valence-electron chi connectivity index (χ0n) is 11.7. The van der Waals surface area contributed by atoms with E-state index in [1.807, 2.05) is 6.07 Å². The predicted molar refractivity (Wildman–Crippen MR) is 76.2 cm³/mol. The first-order valence-electron chi connectivity index (χ1n) is 7.01. The number of aliphatic hydroxyl groups excluding tert-OH is 1. The van der Waals surface area contributed by atoms with Crippen molar-refractivity contribution in [1.82, 2.24) is 19.7 Å². The SMILES string of the molecule is N#Cc1ncn(C[C@H](O)CN2CCc3ccccc3C2)n1. The maximum absolute atomic E-state index is 10.2. The van der Waals surface area contributed by atoms with Crippen LogP contribution in [0.4, 0.5) is 0 Å². The molecule has 1 aliphatic rings. The van der Waals surface area contributed by atoms with Crippen LogP contribution in [-0.4, -0.2) is 44.0 Å². The summed E-state index contributed by atoms with van der Waals surface area (Å²) in [5, 5.41) is 22.8. The van der Waals surface area contributed by atoms with Crippen LogP contribution < -0.4 is 0 Å². The number of fused-ring (bicyclic) bond motifs is 1. The maximum Gasteiger partial charge on any atom is 0.252 e. The molecule has 0 fully saturated rings. The van der Waals surface area contributed by atoms with Crippen LogP contribution in [0, 0.1) is 11.3 Å². The number of hydrogen-bond donors (Lipinski definition) is 1. The largest absolute Gasteiger partial charge is 0.390 e. The Morgan fingerprint density at radius 1 is 1.29 bits per heavy atom.